The van der Waals surface area contributed by atoms with Crippen molar-refractivity contribution < 1.29 is 45.4 Å². The summed E-state index contributed by atoms with van der Waals surface area (Å²) >= 11 is 6.32. The summed E-state index contributed by atoms with van der Waals surface area (Å²) in [4.78, 5) is 11.5. The van der Waals surface area contributed by atoms with Crippen LogP contribution in [-0.2, 0) is 34.4 Å². The normalized spacial score (nSPS) is 16.6. The number of hydrogen-bond donors (Lipinski definition) is 3. The van der Waals surface area contributed by atoms with E-state index in [1.807, 2.05) is 0 Å². The molecule has 4 rings (SSSR count). The molecule has 0 saturated carbocycles. The molecule has 0 bridgehead atoms. The van der Waals surface area contributed by atoms with Crippen LogP contribution in [-0.4, -0.2) is 48.9 Å². The van der Waals surface area contributed by atoms with E-state index in [1.54, 1.807) is 18.2 Å². The molecule has 3 N–H and O–H groups in total. The van der Waals surface area contributed by atoms with Crippen molar-refractivity contribution in [2.75, 3.05) is 5.01 Å². The van der Waals surface area contributed by atoms with E-state index in [9.17, 15) is 30.7 Å². The van der Waals surface area contributed by atoms with Crippen molar-refractivity contribution in [2.45, 2.75) is 27.7 Å². The highest BCUT2D eigenvalue weighted by Crippen LogP contribution is 2.37. The van der Waals surface area contributed by atoms with Crippen molar-refractivity contribution in [2.24, 2.45) is 15.3 Å². The first-order valence-corrected chi connectivity index (χ1v) is 14.1. The first-order valence-electron chi connectivity index (χ1n) is 10.1. The quantitative estimate of drug-likeness (QED) is 0.109. The van der Waals surface area contributed by atoms with Crippen LogP contribution < -0.4 is 5.01 Å². The molecule has 1 amide bonds. The molecule has 14 nitrogen and oxygen atoms in total. The van der Waals surface area contributed by atoms with E-state index >= 15 is 0 Å². The van der Waals surface area contributed by atoms with E-state index < -0.39 is 47.7 Å². The van der Waals surface area contributed by atoms with Crippen LogP contribution in [0.25, 0.3) is 10.8 Å². The predicted octanol–water partition coefficient (Wildman–Crippen LogP) is 4.29. The predicted molar refractivity (Wildman–Crippen MR) is 135 cm³/mol. The molecule has 0 fully saturated rings. The van der Waals surface area contributed by atoms with Crippen LogP contribution in [0.5, 0.6) is 0 Å². The number of hydrazone groups is 1. The SMILES string of the molecule is CC1=NN(c2cccc(Cl)c2)C(=O)C1N=Nc1cc2c(S(=O)(=O)O)cc(SOOO)cc2cc1S(=O)(=O)O. The fraction of sp³-hybridized carbons (Fsp3) is 0.100. The van der Waals surface area contributed by atoms with Crippen molar-refractivity contribution in [1.29, 1.82) is 0 Å². The molecule has 18 heteroatoms. The van der Waals surface area contributed by atoms with Gasteiger partial charge in [0.1, 0.15) is 15.5 Å². The van der Waals surface area contributed by atoms with Gasteiger partial charge >= 0.3 is 0 Å². The van der Waals surface area contributed by atoms with E-state index in [0.29, 0.717) is 22.8 Å². The summed E-state index contributed by atoms with van der Waals surface area (Å²) < 4.78 is 72.1. The highest BCUT2D eigenvalue weighted by molar-refractivity contribution is 7.94. The number of nitrogens with zero attached hydrogens (tertiary/aromatic N) is 4. The van der Waals surface area contributed by atoms with Gasteiger partial charge in [-0.15, -0.1) is 4.33 Å². The number of carbonyl (C=O) groups excluding carboxylic acids is 1. The van der Waals surface area contributed by atoms with Gasteiger partial charge in [0.25, 0.3) is 26.1 Å². The Labute approximate surface area is 224 Å². The molecule has 3 aromatic carbocycles. The largest absolute Gasteiger partial charge is 0.296 e. The summed E-state index contributed by atoms with van der Waals surface area (Å²) in [5, 5.41) is 24.8. The first kappa shape index (κ1) is 28.0. The Morgan fingerprint density at radius 2 is 1.76 bits per heavy atom. The van der Waals surface area contributed by atoms with E-state index in [1.165, 1.54) is 19.1 Å². The van der Waals surface area contributed by atoms with Crippen LogP contribution in [0, 0.1) is 0 Å². The first-order chi connectivity index (χ1) is 17.8. The van der Waals surface area contributed by atoms with Gasteiger partial charge in [0.2, 0.25) is 0 Å². The van der Waals surface area contributed by atoms with Gasteiger partial charge in [-0.25, -0.2) is 5.26 Å². The van der Waals surface area contributed by atoms with Gasteiger partial charge in [0.15, 0.2) is 6.04 Å². The minimum absolute atomic E-state index is 0.0284. The van der Waals surface area contributed by atoms with Gasteiger partial charge in [-0.3, -0.25) is 13.9 Å². The number of hydrogen-bond acceptors (Lipinski definition) is 12. The fourth-order valence-corrected chi connectivity index (χ4v) is 5.60. The van der Waals surface area contributed by atoms with Crippen LogP contribution in [0.3, 0.4) is 0 Å². The number of amides is 1. The number of azo groups is 1. The number of carbonyl (C=O) groups is 1. The Hall–Kier alpha value is -3.00. The Morgan fingerprint density at radius 1 is 1.05 bits per heavy atom. The van der Waals surface area contributed by atoms with Crippen molar-refractivity contribution in [3.63, 3.8) is 0 Å². The van der Waals surface area contributed by atoms with Crippen LogP contribution in [0.1, 0.15) is 6.92 Å². The maximum Gasteiger partial charge on any atom is 0.296 e. The van der Waals surface area contributed by atoms with Gasteiger partial charge in [-0.05, 0) is 54.8 Å². The van der Waals surface area contributed by atoms with Gasteiger partial charge in [0.05, 0.1) is 23.4 Å². The lowest BCUT2D eigenvalue weighted by atomic mass is 10.1. The van der Waals surface area contributed by atoms with Gasteiger partial charge < -0.3 is 0 Å². The summed E-state index contributed by atoms with van der Waals surface area (Å²) in [5.74, 6) is -0.630. The molecule has 38 heavy (non-hydrogen) atoms. The molecule has 1 unspecified atom stereocenters. The van der Waals surface area contributed by atoms with Crippen molar-refractivity contribution >= 4 is 77.6 Å². The number of fused-ring (bicyclic) bond motifs is 1. The molecular formula is C20H15ClN4O10S3. The molecule has 0 aromatic heterocycles. The lowest BCUT2D eigenvalue weighted by Crippen LogP contribution is -2.29. The number of anilines is 1. The van der Waals surface area contributed by atoms with Gasteiger partial charge in [-0.2, -0.15) is 37.2 Å². The monoisotopic (exact) mass is 602 g/mol. The topological polar surface area (TPSA) is 205 Å². The fourth-order valence-electron chi connectivity index (χ4n) is 3.52. The Morgan fingerprint density at radius 3 is 2.39 bits per heavy atom. The number of benzene rings is 3. The summed E-state index contributed by atoms with van der Waals surface area (Å²) in [7, 11) is -9.82. The van der Waals surface area contributed by atoms with Crippen LogP contribution in [0.2, 0.25) is 5.02 Å². The highest BCUT2D eigenvalue weighted by atomic mass is 35.5. The summed E-state index contributed by atoms with van der Waals surface area (Å²) in [6.45, 7) is 1.49. The summed E-state index contributed by atoms with van der Waals surface area (Å²) in [6.07, 6.45) is 0. The van der Waals surface area contributed by atoms with Crippen molar-refractivity contribution in [3.05, 3.63) is 53.6 Å². The second-order valence-corrected chi connectivity index (χ2v) is 11.6. The standard InChI is InChI=1S/C20H15ClN4O10S3/c1-10-19(20(26)25(24-10)13-4-2-3-12(21)7-13)23-22-16-9-15-11(6-18(16)38(31,32)33)5-14(36-35-34-27)8-17(15)37(28,29)30/h2-9,19,27H,1H3,(H,28,29,30)(H,31,32,33). The molecule has 0 saturated heterocycles. The molecule has 1 aliphatic heterocycles. The molecule has 0 radical (unpaired) electrons. The van der Waals surface area contributed by atoms with Crippen LogP contribution in [0.15, 0.2) is 78.5 Å². The Bertz CT molecular complexity index is 1730. The van der Waals surface area contributed by atoms with E-state index in [-0.39, 0.29) is 21.4 Å². The zero-order valence-corrected chi connectivity index (χ0v) is 22.0. The van der Waals surface area contributed by atoms with Gasteiger partial charge in [0, 0.05) is 15.3 Å². The van der Waals surface area contributed by atoms with Crippen molar-refractivity contribution in [1.82, 2.24) is 0 Å². The molecule has 1 heterocycles. The maximum atomic E-state index is 12.9. The zero-order valence-electron chi connectivity index (χ0n) is 18.8. The van der Waals surface area contributed by atoms with Crippen LogP contribution >= 0.6 is 23.6 Å². The molecule has 0 spiro atoms. The molecular weight excluding hydrogens is 588 g/mol. The summed E-state index contributed by atoms with van der Waals surface area (Å²) in [6, 6.07) is 9.03. The smallest absolute Gasteiger partial charge is 0.282 e. The van der Waals surface area contributed by atoms with E-state index in [4.69, 9.17) is 16.9 Å². The van der Waals surface area contributed by atoms with E-state index in [2.05, 4.69) is 24.7 Å². The highest BCUT2D eigenvalue weighted by Gasteiger charge is 2.35. The summed E-state index contributed by atoms with van der Waals surface area (Å²) in [5.41, 5.74) is 0.0345. The third-order valence-electron chi connectivity index (χ3n) is 5.11. The van der Waals surface area contributed by atoms with Crippen LogP contribution in [0.4, 0.5) is 11.4 Å². The molecule has 1 aliphatic rings. The number of halogens is 1. The number of rotatable bonds is 8. The van der Waals surface area contributed by atoms with E-state index in [0.717, 1.165) is 23.2 Å². The second kappa shape index (κ2) is 10.6. The lowest BCUT2D eigenvalue weighted by molar-refractivity contribution is -0.432. The average Bonchev–Trinajstić information content (AvgIpc) is 3.12. The second-order valence-electron chi connectivity index (χ2n) is 7.63. The molecule has 1 atom stereocenters. The lowest BCUT2D eigenvalue weighted by Gasteiger charge is -2.13. The maximum absolute atomic E-state index is 12.9. The van der Waals surface area contributed by atoms with Crippen molar-refractivity contribution in [3.8, 4) is 0 Å². The zero-order chi connectivity index (χ0) is 27.8. The molecule has 0 aliphatic carbocycles. The Kier molecular flexibility index (Phi) is 7.84. The third kappa shape index (κ3) is 5.85. The molecule has 3 aromatic rings. The van der Waals surface area contributed by atoms with Gasteiger partial charge in [-0.1, -0.05) is 22.7 Å². The Balaban J connectivity index is 1.82. The minimum atomic E-state index is -4.94. The average molecular weight is 603 g/mol. The third-order valence-corrected chi connectivity index (χ3v) is 7.68. The minimum Gasteiger partial charge on any atom is -0.282 e. The molecule has 200 valence electrons.